The van der Waals surface area contributed by atoms with Crippen LogP contribution in [-0.4, -0.2) is 5.91 Å². The minimum absolute atomic E-state index is 0.132. The number of nitrogens with one attached hydrogen (secondary N) is 1. The Bertz CT molecular complexity index is 562. The number of pyridine rings is 1. The van der Waals surface area contributed by atoms with Gasteiger partial charge in [-0.1, -0.05) is 18.2 Å². The molecule has 1 N–H and O–H groups in total. The van der Waals surface area contributed by atoms with Crippen LogP contribution in [0.4, 0.5) is 5.69 Å². The van der Waals surface area contributed by atoms with Crippen LogP contribution in [0, 0.1) is 0 Å². The molecule has 0 atom stereocenters. The van der Waals surface area contributed by atoms with Crippen LogP contribution in [0.15, 0.2) is 60.9 Å². The van der Waals surface area contributed by atoms with Crippen LogP contribution < -0.4 is 9.88 Å². The van der Waals surface area contributed by atoms with E-state index in [1.807, 2.05) is 66.5 Å². The Labute approximate surface area is 106 Å². The lowest BCUT2D eigenvalue weighted by molar-refractivity contribution is -0.671. The molecule has 2 aromatic rings. The second-order valence-corrected chi connectivity index (χ2v) is 3.99. The van der Waals surface area contributed by atoms with Crippen molar-refractivity contribution in [3.8, 4) is 0 Å². The van der Waals surface area contributed by atoms with Crippen molar-refractivity contribution < 1.29 is 9.36 Å². The Hall–Kier alpha value is -2.42. The lowest BCUT2D eigenvalue weighted by Gasteiger charge is -2.00. The summed E-state index contributed by atoms with van der Waals surface area (Å²) >= 11 is 0. The third-order valence-electron chi connectivity index (χ3n) is 2.43. The van der Waals surface area contributed by atoms with Gasteiger partial charge >= 0.3 is 0 Å². The number of anilines is 1. The fourth-order valence-electron chi connectivity index (χ4n) is 1.59. The van der Waals surface area contributed by atoms with Crippen LogP contribution in [0.3, 0.4) is 0 Å². The number of carbonyl (C=O) groups is 1. The Kier molecular flexibility index (Phi) is 3.86. The molecule has 90 valence electrons. The van der Waals surface area contributed by atoms with E-state index < -0.39 is 0 Å². The molecule has 3 nitrogen and oxygen atoms in total. The normalized spacial score (nSPS) is 10.5. The highest BCUT2D eigenvalue weighted by Crippen LogP contribution is 2.05. The van der Waals surface area contributed by atoms with E-state index in [0.717, 1.165) is 11.3 Å². The predicted octanol–water partition coefficient (Wildman–Crippen LogP) is 2.16. The zero-order chi connectivity index (χ0) is 12.8. The number of hydrogen-bond acceptors (Lipinski definition) is 1. The van der Waals surface area contributed by atoms with Gasteiger partial charge in [0.25, 0.3) is 0 Å². The first-order chi connectivity index (χ1) is 8.74. The average Bonchev–Trinajstić information content (AvgIpc) is 2.38. The Morgan fingerprint density at radius 3 is 2.67 bits per heavy atom. The number of aromatic nitrogens is 1. The van der Waals surface area contributed by atoms with E-state index in [0.29, 0.717) is 0 Å². The number of aryl methyl sites for hydroxylation is 1. The van der Waals surface area contributed by atoms with E-state index in [9.17, 15) is 4.79 Å². The highest BCUT2D eigenvalue weighted by atomic mass is 16.1. The second-order valence-electron chi connectivity index (χ2n) is 3.99. The maximum atomic E-state index is 11.7. The molecule has 1 aromatic heterocycles. The second kappa shape index (κ2) is 5.77. The number of rotatable bonds is 3. The van der Waals surface area contributed by atoms with E-state index in [2.05, 4.69) is 5.32 Å². The summed E-state index contributed by atoms with van der Waals surface area (Å²) in [6, 6.07) is 13.3. The van der Waals surface area contributed by atoms with Gasteiger partial charge in [-0.3, -0.25) is 4.79 Å². The Morgan fingerprint density at radius 2 is 1.94 bits per heavy atom. The smallest absolute Gasteiger partial charge is 0.248 e. The van der Waals surface area contributed by atoms with E-state index in [1.165, 1.54) is 6.08 Å². The summed E-state index contributed by atoms with van der Waals surface area (Å²) < 4.78 is 1.94. The van der Waals surface area contributed by atoms with Crippen LogP contribution in [0.2, 0.25) is 0 Å². The molecule has 18 heavy (non-hydrogen) atoms. The van der Waals surface area contributed by atoms with E-state index in [1.54, 1.807) is 6.08 Å². The fourth-order valence-corrected chi connectivity index (χ4v) is 1.59. The highest BCUT2D eigenvalue weighted by Gasteiger charge is 1.98. The topological polar surface area (TPSA) is 33.0 Å². The number of amides is 1. The van der Waals surface area contributed by atoms with Gasteiger partial charge in [0.15, 0.2) is 12.4 Å². The van der Waals surface area contributed by atoms with Crippen LogP contribution >= 0.6 is 0 Å². The average molecular weight is 239 g/mol. The number of para-hydroxylation sites is 1. The third-order valence-corrected chi connectivity index (χ3v) is 2.43. The van der Waals surface area contributed by atoms with Crippen molar-refractivity contribution >= 4 is 17.7 Å². The molecule has 0 aliphatic heterocycles. The number of hydrogen-bond donors (Lipinski definition) is 1. The largest absolute Gasteiger partial charge is 0.323 e. The van der Waals surface area contributed by atoms with Gasteiger partial charge in [-0.2, -0.15) is 0 Å². The monoisotopic (exact) mass is 239 g/mol. The van der Waals surface area contributed by atoms with Crippen molar-refractivity contribution in [2.45, 2.75) is 0 Å². The minimum Gasteiger partial charge on any atom is -0.323 e. The molecule has 0 aliphatic rings. The first kappa shape index (κ1) is 12.0. The standard InChI is InChI=1S/C15H14N2O/c1-17-11-5-6-13(12-17)9-10-15(18)16-14-7-3-2-4-8-14/h2-12H,1H3/p+1/b10-9+. The molecule has 0 spiro atoms. The number of benzene rings is 1. The molecular formula is C15H15N2O+. The number of carbonyl (C=O) groups excluding carboxylic acids is 1. The van der Waals surface area contributed by atoms with Crippen molar-refractivity contribution in [1.82, 2.24) is 0 Å². The first-order valence-electron chi connectivity index (χ1n) is 5.73. The van der Waals surface area contributed by atoms with Crippen LogP contribution in [-0.2, 0) is 11.8 Å². The molecule has 2 rings (SSSR count). The zero-order valence-electron chi connectivity index (χ0n) is 10.2. The SMILES string of the molecule is C[n+]1cccc(/C=C/C(=O)Nc2ccccc2)c1. The summed E-state index contributed by atoms with van der Waals surface area (Å²) in [5.74, 6) is -0.132. The van der Waals surface area contributed by atoms with Gasteiger partial charge in [0.1, 0.15) is 7.05 Å². The van der Waals surface area contributed by atoms with Crippen LogP contribution in [0.5, 0.6) is 0 Å². The molecule has 0 saturated carbocycles. The minimum atomic E-state index is -0.132. The van der Waals surface area contributed by atoms with E-state index >= 15 is 0 Å². The molecule has 3 heteroatoms. The van der Waals surface area contributed by atoms with Crippen molar-refractivity contribution in [3.05, 3.63) is 66.5 Å². The van der Waals surface area contributed by atoms with Crippen molar-refractivity contribution in [2.75, 3.05) is 5.32 Å². The van der Waals surface area contributed by atoms with Gasteiger partial charge in [0.2, 0.25) is 5.91 Å². The van der Waals surface area contributed by atoms with Crippen molar-refractivity contribution in [2.24, 2.45) is 7.05 Å². The molecular weight excluding hydrogens is 224 g/mol. The fraction of sp³-hybridized carbons (Fsp3) is 0.0667. The molecule has 1 aromatic carbocycles. The first-order valence-corrected chi connectivity index (χ1v) is 5.73. The molecule has 0 radical (unpaired) electrons. The summed E-state index contributed by atoms with van der Waals surface area (Å²) in [6.07, 6.45) is 7.22. The van der Waals surface area contributed by atoms with Crippen molar-refractivity contribution in [1.29, 1.82) is 0 Å². The van der Waals surface area contributed by atoms with E-state index in [-0.39, 0.29) is 5.91 Å². The van der Waals surface area contributed by atoms with Gasteiger partial charge in [-0.05, 0) is 24.3 Å². The van der Waals surface area contributed by atoms with Gasteiger partial charge in [0, 0.05) is 23.4 Å². The molecule has 0 bridgehead atoms. The Morgan fingerprint density at radius 1 is 1.17 bits per heavy atom. The van der Waals surface area contributed by atoms with Crippen molar-refractivity contribution in [3.63, 3.8) is 0 Å². The summed E-state index contributed by atoms with van der Waals surface area (Å²) in [7, 11) is 1.95. The third kappa shape index (κ3) is 3.56. The molecule has 0 unspecified atom stereocenters. The molecule has 0 saturated heterocycles. The molecule has 0 fully saturated rings. The molecule has 1 heterocycles. The van der Waals surface area contributed by atoms with Gasteiger partial charge in [-0.15, -0.1) is 0 Å². The quantitative estimate of drug-likeness (QED) is 0.646. The van der Waals surface area contributed by atoms with Gasteiger partial charge in [-0.25, -0.2) is 4.57 Å². The maximum absolute atomic E-state index is 11.7. The van der Waals surface area contributed by atoms with E-state index in [4.69, 9.17) is 0 Å². The summed E-state index contributed by atoms with van der Waals surface area (Å²) in [6.45, 7) is 0. The molecule has 1 amide bonds. The molecule has 0 aliphatic carbocycles. The summed E-state index contributed by atoms with van der Waals surface area (Å²) in [5.41, 5.74) is 1.79. The summed E-state index contributed by atoms with van der Waals surface area (Å²) in [5, 5.41) is 2.79. The van der Waals surface area contributed by atoms with Gasteiger partial charge < -0.3 is 5.32 Å². The highest BCUT2D eigenvalue weighted by molar-refractivity contribution is 6.01. The van der Waals surface area contributed by atoms with Gasteiger partial charge in [0.05, 0.1) is 0 Å². The lowest BCUT2D eigenvalue weighted by Crippen LogP contribution is -2.26. The van der Waals surface area contributed by atoms with Crippen LogP contribution in [0.1, 0.15) is 5.56 Å². The lowest BCUT2D eigenvalue weighted by atomic mass is 10.2. The van der Waals surface area contributed by atoms with Crippen LogP contribution in [0.25, 0.3) is 6.08 Å². The maximum Gasteiger partial charge on any atom is 0.248 e. The zero-order valence-corrected chi connectivity index (χ0v) is 10.2. The number of nitrogens with zero attached hydrogens (tertiary/aromatic N) is 1. The Balaban J connectivity index is 1.99. The predicted molar refractivity (Wildman–Crippen MR) is 71.7 cm³/mol. The summed E-state index contributed by atoms with van der Waals surface area (Å²) in [4.78, 5) is 11.7.